The molecule has 168 valence electrons. The maximum Gasteiger partial charge on any atom is 0.0753 e. The van der Waals surface area contributed by atoms with Gasteiger partial charge in [-0.2, -0.15) is 0 Å². The van der Waals surface area contributed by atoms with Gasteiger partial charge in [-0.15, -0.1) is 0 Å². The molecule has 2 heterocycles. The summed E-state index contributed by atoms with van der Waals surface area (Å²) in [5.74, 6) is 0.431. The van der Waals surface area contributed by atoms with Crippen LogP contribution in [0.1, 0.15) is 83.3 Å². The van der Waals surface area contributed by atoms with Crippen LogP contribution >= 0.6 is 0 Å². The zero-order chi connectivity index (χ0) is 23.0. The molecule has 2 rings (SSSR count). The van der Waals surface area contributed by atoms with Gasteiger partial charge in [-0.3, -0.25) is 9.97 Å². The molecule has 31 heavy (non-hydrogen) atoms. The molecule has 0 aliphatic heterocycles. The average molecular weight is 420 g/mol. The molecule has 2 aromatic heterocycles. The van der Waals surface area contributed by atoms with Crippen LogP contribution in [0, 0.1) is 12.8 Å². The fraction of sp³-hybridized carbons (Fsp3) is 0.500. The van der Waals surface area contributed by atoms with Gasteiger partial charge in [0.15, 0.2) is 0 Å². The third-order valence-corrected chi connectivity index (χ3v) is 5.85. The maximum absolute atomic E-state index is 4.85. The van der Waals surface area contributed by atoms with E-state index in [0.29, 0.717) is 5.92 Å². The van der Waals surface area contributed by atoms with Gasteiger partial charge in [-0.1, -0.05) is 58.8 Å². The highest BCUT2D eigenvalue weighted by atomic mass is 15.1. The quantitative estimate of drug-likeness (QED) is 0.527. The van der Waals surface area contributed by atoms with Crippen molar-refractivity contribution in [3.05, 3.63) is 63.6 Å². The molecule has 0 atom stereocenters. The monoisotopic (exact) mass is 419 g/mol. The first-order valence-corrected chi connectivity index (χ1v) is 11.8. The lowest BCUT2D eigenvalue weighted by atomic mass is 9.95. The van der Waals surface area contributed by atoms with Crippen molar-refractivity contribution < 1.29 is 0 Å². The van der Waals surface area contributed by atoms with E-state index in [1.165, 1.54) is 32.7 Å². The van der Waals surface area contributed by atoms with E-state index in [2.05, 4.69) is 89.8 Å². The van der Waals surface area contributed by atoms with Crippen LogP contribution in [0.15, 0.2) is 30.6 Å². The Balaban J connectivity index is 2.60. The van der Waals surface area contributed by atoms with Gasteiger partial charge >= 0.3 is 0 Å². The van der Waals surface area contributed by atoms with E-state index < -0.39 is 0 Å². The standard InChI is InChI=1S/C28H41N3/c1-9-12-24-16-23(17-30-22(24)7)18-31(8)19-27-26(21(6)11-3)14-15-29-28(27)25(13-10-2)20(4)5/h13-17,19-20H,9-12,18H2,1-8H3/b25-13-,26-21-,27-19+. The highest BCUT2D eigenvalue weighted by Crippen LogP contribution is 2.19. The second kappa shape index (κ2) is 11.8. The van der Waals surface area contributed by atoms with E-state index in [1.54, 1.807) is 0 Å². The van der Waals surface area contributed by atoms with Crippen molar-refractivity contribution in [2.45, 2.75) is 80.7 Å². The molecule has 2 aromatic rings. The molecule has 0 fully saturated rings. The van der Waals surface area contributed by atoms with Crippen LogP contribution in [-0.4, -0.2) is 21.9 Å². The molecule has 0 N–H and O–H groups in total. The van der Waals surface area contributed by atoms with Crippen molar-refractivity contribution in [3.8, 4) is 0 Å². The normalized spacial score (nSPS) is 13.7. The van der Waals surface area contributed by atoms with Gasteiger partial charge in [0.2, 0.25) is 0 Å². The molecule has 0 saturated heterocycles. The third-order valence-electron chi connectivity index (χ3n) is 5.85. The van der Waals surface area contributed by atoms with E-state index in [0.717, 1.165) is 43.6 Å². The SMILES string of the molecule is CC/C=C(\c1nccc(=C(\C)CC)/c1=C\N(C)Cc1cnc(C)c(CCC)c1)C(C)C. The van der Waals surface area contributed by atoms with Crippen molar-refractivity contribution in [1.82, 2.24) is 14.9 Å². The average Bonchev–Trinajstić information content (AvgIpc) is 2.74. The highest BCUT2D eigenvalue weighted by molar-refractivity contribution is 5.66. The minimum absolute atomic E-state index is 0.431. The molecule has 0 aliphatic rings. The molecule has 3 nitrogen and oxygen atoms in total. The number of rotatable bonds is 9. The Bertz CT molecular complexity index is 1020. The highest BCUT2D eigenvalue weighted by Gasteiger charge is 2.11. The van der Waals surface area contributed by atoms with E-state index in [-0.39, 0.29) is 0 Å². The Hall–Kier alpha value is -2.42. The van der Waals surface area contributed by atoms with Crippen LogP contribution in [0.3, 0.4) is 0 Å². The smallest absolute Gasteiger partial charge is 0.0753 e. The van der Waals surface area contributed by atoms with Gasteiger partial charge in [0.25, 0.3) is 0 Å². The van der Waals surface area contributed by atoms with Crippen molar-refractivity contribution in [2.24, 2.45) is 5.92 Å². The number of aryl methyl sites for hydroxylation is 2. The lowest BCUT2D eigenvalue weighted by Gasteiger charge is -2.18. The molecule has 0 bridgehead atoms. The van der Waals surface area contributed by atoms with Gasteiger partial charge in [-0.05, 0) is 67.0 Å². The Morgan fingerprint density at radius 3 is 2.52 bits per heavy atom. The summed E-state index contributed by atoms with van der Waals surface area (Å²) in [5.41, 5.74) is 7.60. The van der Waals surface area contributed by atoms with Gasteiger partial charge < -0.3 is 4.90 Å². The Kier molecular flexibility index (Phi) is 9.48. The summed E-state index contributed by atoms with van der Waals surface area (Å²) < 4.78 is 0. The van der Waals surface area contributed by atoms with Crippen LogP contribution in [0.5, 0.6) is 0 Å². The molecule has 0 unspecified atom stereocenters. The van der Waals surface area contributed by atoms with Crippen LogP contribution in [0.25, 0.3) is 17.3 Å². The minimum atomic E-state index is 0.431. The summed E-state index contributed by atoms with van der Waals surface area (Å²) in [5, 5.41) is 2.53. The number of nitrogens with zero attached hydrogens (tertiary/aromatic N) is 3. The molecule has 0 aliphatic carbocycles. The van der Waals surface area contributed by atoms with Crippen LogP contribution in [-0.2, 0) is 13.0 Å². The van der Waals surface area contributed by atoms with Crippen molar-refractivity contribution in [1.29, 1.82) is 0 Å². The lowest BCUT2D eigenvalue weighted by molar-refractivity contribution is 0.490. The summed E-state index contributed by atoms with van der Waals surface area (Å²) in [6, 6.07) is 4.49. The van der Waals surface area contributed by atoms with E-state index in [4.69, 9.17) is 4.98 Å². The first-order valence-electron chi connectivity index (χ1n) is 11.8. The summed E-state index contributed by atoms with van der Waals surface area (Å²) in [6.07, 6.45) is 12.9. The molecule has 3 heteroatoms. The first kappa shape index (κ1) is 24.8. The van der Waals surface area contributed by atoms with Crippen molar-refractivity contribution in [3.63, 3.8) is 0 Å². The molecule has 0 radical (unpaired) electrons. The number of pyridine rings is 2. The van der Waals surface area contributed by atoms with E-state index >= 15 is 0 Å². The van der Waals surface area contributed by atoms with E-state index in [9.17, 15) is 0 Å². The summed E-state index contributed by atoms with van der Waals surface area (Å²) in [7, 11) is 2.15. The van der Waals surface area contributed by atoms with Crippen LogP contribution in [0.4, 0.5) is 0 Å². The summed E-state index contributed by atoms with van der Waals surface area (Å²) in [4.78, 5) is 11.8. The lowest BCUT2D eigenvalue weighted by Crippen LogP contribution is -2.34. The maximum atomic E-state index is 4.85. The zero-order valence-corrected chi connectivity index (χ0v) is 20.9. The van der Waals surface area contributed by atoms with Gasteiger partial charge in [0.1, 0.15) is 0 Å². The predicted molar refractivity (Wildman–Crippen MR) is 135 cm³/mol. The number of aromatic nitrogens is 2. The largest absolute Gasteiger partial charge is 0.375 e. The summed E-state index contributed by atoms with van der Waals surface area (Å²) in [6.45, 7) is 16.3. The molecule has 0 amide bonds. The van der Waals surface area contributed by atoms with Gasteiger partial charge in [0.05, 0.1) is 5.69 Å². The molecular formula is C28H41N3. The second-order valence-corrected chi connectivity index (χ2v) is 8.86. The minimum Gasteiger partial charge on any atom is -0.375 e. The second-order valence-electron chi connectivity index (χ2n) is 8.86. The topological polar surface area (TPSA) is 29.0 Å². The van der Waals surface area contributed by atoms with Crippen LogP contribution < -0.4 is 10.4 Å². The summed E-state index contributed by atoms with van der Waals surface area (Å²) >= 11 is 0. The van der Waals surface area contributed by atoms with E-state index in [1.807, 2.05) is 12.4 Å². The third kappa shape index (κ3) is 6.53. The first-order chi connectivity index (χ1) is 14.8. The molecule has 0 spiro atoms. The number of hydrogen-bond donors (Lipinski definition) is 0. The molecule has 0 aromatic carbocycles. The fourth-order valence-corrected chi connectivity index (χ4v) is 4.01. The Morgan fingerprint density at radius 2 is 1.90 bits per heavy atom. The molecule has 0 saturated carbocycles. The number of hydrogen-bond acceptors (Lipinski definition) is 3. The Morgan fingerprint density at radius 1 is 1.16 bits per heavy atom. The zero-order valence-electron chi connectivity index (χ0n) is 20.9. The fourth-order valence-electron chi connectivity index (χ4n) is 4.01. The molecular weight excluding hydrogens is 378 g/mol. The predicted octanol–water partition coefficient (Wildman–Crippen LogP) is 5.64. The van der Waals surface area contributed by atoms with Crippen molar-refractivity contribution in [2.75, 3.05) is 7.05 Å². The van der Waals surface area contributed by atoms with Gasteiger partial charge in [-0.25, -0.2) is 0 Å². The Labute approximate surface area is 189 Å². The van der Waals surface area contributed by atoms with Gasteiger partial charge in [0, 0.05) is 43.1 Å². The van der Waals surface area contributed by atoms with Crippen molar-refractivity contribution >= 4 is 17.3 Å². The van der Waals surface area contributed by atoms with Crippen LogP contribution in [0.2, 0.25) is 0 Å². The number of allylic oxidation sites excluding steroid dienone is 2.